The number of hydrogen-bond acceptors (Lipinski definition) is 7. The number of carbonyl (C=O) groups is 5. The monoisotopic (exact) mass is 718 g/mol. The summed E-state index contributed by atoms with van der Waals surface area (Å²) in [6, 6.07) is 15.3. The Morgan fingerprint density at radius 2 is 1.49 bits per heavy atom. The van der Waals surface area contributed by atoms with Crippen LogP contribution in [0.4, 0.5) is 0 Å². The van der Waals surface area contributed by atoms with E-state index in [9.17, 15) is 24.0 Å². The lowest BCUT2D eigenvalue weighted by molar-refractivity contribution is -0.154. The van der Waals surface area contributed by atoms with Crippen LogP contribution in [-0.4, -0.2) is 55.7 Å². The molecule has 8 nitrogen and oxygen atoms in total. The number of hydrogen-bond donors (Lipinski definition) is 0. The molecular weight excluding hydrogens is 700 g/mol. The van der Waals surface area contributed by atoms with Crippen molar-refractivity contribution in [3.8, 4) is 5.75 Å². The van der Waals surface area contributed by atoms with Crippen LogP contribution in [0.15, 0.2) is 66.0 Å². The lowest BCUT2D eigenvalue weighted by Crippen LogP contribution is -2.52. The molecule has 1 aromatic heterocycles. The number of carbonyl (C=O) groups excluding carboxylic acids is 5. The van der Waals surface area contributed by atoms with E-state index in [4.69, 9.17) is 16.3 Å². The lowest BCUT2D eigenvalue weighted by atomic mass is 9.81. The highest BCUT2D eigenvalue weighted by Crippen LogP contribution is 2.60. The van der Waals surface area contributed by atoms with Gasteiger partial charge in [0.05, 0.1) is 11.8 Å². The number of Topliss-reactive ketones (excluding diaryl/α,β-unsaturated/α-hetero) is 1. The summed E-state index contributed by atoms with van der Waals surface area (Å²) in [6.07, 6.45) is 0.736. The second-order valence-electron chi connectivity index (χ2n) is 10.2. The molecular formula is C29H21Br2ClN2O6S. The largest absolute Gasteiger partial charge is 0.422 e. The van der Waals surface area contributed by atoms with Crippen LogP contribution in [0.25, 0.3) is 0 Å². The fourth-order valence-corrected chi connectivity index (χ4v) is 8.63. The number of halogens is 3. The Hall–Kier alpha value is -2.86. The molecule has 1 saturated heterocycles. The maximum atomic E-state index is 13.7. The average molecular weight is 721 g/mol. The zero-order valence-electron chi connectivity index (χ0n) is 21.1. The molecule has 0 radical (unpaired) electrons. The van der Waals surface area contributed by atoms with Crippen molar-refractivity contribution in [2.45, 2.75) is 16.1 Å². The molecule has 0 spiro atoms. The van der Waals surface area contributed by atoms with E-state index in [0.29, 0.717) is 9.90 Å². The summed E-state index contributed by atoms with van der Waals surface area (Å²) in [5, 5.41) is 4.01. The maximum absolute atomic E-state index is 13.7. The molecule has 3 aliphatic rings. The number of esters is 1. The van der Waals surface area contributed by atoms with Gasteiger partial charge in [0.2, 0.25) is 0 Å². The molecule has 6 atom stereocenters. The minimum absolute atomic E-state index is 0.0277. The smallest absolute Gasteiger partial charge is 0.353 e. The van der Waals surface area contributed by atoms with Crippen LogP contribution < -0.4 is 4.74 Å². The molecule has 2 aliphatic carbocycles. The van der Waals surface area contributed by atoms with E-state index in [-0.39, 0.29) is 38.4 Å². The number of imide groups is 1. The lowest BCUT2D eigenvalue weighted by Gasteiger charge is -2.31. The standard InChI is InChI=1S/C29H21Br2ClN2O6S/c30-24-18-12-19(25(24)31)23-22(18)27(37)34(28(23)38)33(26(36)15-3-7-16(32)8-4-15)13-20(35)14-5-9-17(10-6-14)40-29(39)21-2-1-11-41-21/h1-11,18-19,22-25H,12-13H2/t18-,19-,22-,23+,24-,25+/m1/s1. The number of hydrazine groups is 1. The van der Waals surface area contributed by atoms with Crippen LogP contribution in [0.2, 0.25) is 5.02 Å². The molecule has 12 heteroatoms. The van der Waals surface area contributed by atoms with Crippen LogP contribution >= 0.6 is 54.8 Å². The van der Waals surface area contributed by atoms with Gasteiger partial charge in [-0.3, -0.25) is 19.2 Å². The third kappa shape index (κ3) is 4.96. The summed E-state index contributed by atoms with van der Waals surface area (Å²) < 4.78 is 5.36. The van der Waals surface area contributed by atoms with E-state index in [1.54, 1.807) is 17.5 Å². The van der Waals surface area contributed by atoms with E-state index < -0.39 is 47.9 Å². The van der Waals surface area contributed by atoms with Gasteiger partial charge in [-0.05, 0) is 78.2 Å². The molecule has 6 rings (SSSR count). The molecule has 2 heterocycles. The molecule has 2 aromatic carbocycles. The van der Waals surface area contributed by atoms with Crippen molar-refractivity contribution >= 4 is 84.3 Å². The summed E-state index contributed by atoms with van der Waals surface area (Å²) in [7, 11) is 0. The van der Waals surface area contributed by atoms with Gasteiger partial charge in [0.1, 0.15) is 17.2 Å². The van der Waals surface area contributed by atoms with Crippen molar-refractivity contribution in [1.82, 2.24) is 10.0 Å². The van der Waals surface area contributed by atoms with Gasteiger partial charge in [-0.1, -0.05) is 49.5 Å². The molecule has 1 aliphatic heterocycles. The molecule has 41 heavy (non-hydrogen) atoms. The Bertz CT molecular complexity index is 1520. The van der Waals surface area contributed by atoms with Crippen LogP contribution in [0, 0.1) is 23.7 Å². The van der Waals surface area contributed by atoms with Crippen molar-refractivity contribution in [1.29, 1.82) is 0 Å². The first kappa shape index (κ1) is 28.3. The SMILES string of the molecule is O=C(CN(C(=O)c1ccc(Cl)cc1)N1C(=O)[C@@H]2[C@H]3C[C@@H]([C@H](Br)[C@@H]3Br)[C@@H]2C1=O)c1ccc(OC(=O)c2cccs2)cc1. The summed E-state index contributed by atoms with van der Waals surface area (Å²) in [5.74, 6) is -3.59. The topological polar surface area (TPSA) is 101 Å². The summed E-state index contributed by atoms with van der Waals surface area (Å²) >= 11 is 14.6. The van der Waals surface area contributed by atoms with Gasteiger partial charge in [-0.15, -0.1) is 11.3 Å². The van der Waals surface area contributed by atoms with E-state index in [0.717, 1.165) is 16.4 Å². The first-order chi connectivity index (χ1) is 19.7. The normalized spacial score (nSPS) is 26.3. The third-order valence-corrected chi connectivity index (χ3v) is 12.2. The Morgan fingerprint density at radius 1 is 0.902 bits per heavy atom. The second-order valence-corrected chi connectivity index (χ2v) is 13.7. The highest BCUT2D eigenvalue weighted by Gasteiger charge is 2.67. The molecule has 3 aromatic rings. The zero-order chi connectivity index (χ0) is 29.0. The van der Waals surface area contributed by atoms with Gasteiger partial charge >= 0.3 is 5.97 Å². The zero-order valence-corrected chi connectivity index (χ0v) is 25.9. The van der Waals surface area contributed by atoms with E-state index in [2.05, 4.69) is 31.9 Å². The highest BCUT2D eigenvalue weighted by atomic mass is 79.9. The summed E-state index contributed by atoms with van der Waals surface area (Å²) in [5.41, 5.74) is 0.394. The van der Waals surface area contributed by atoms with Crippen LogP contribution in [-0.2, 0) is 9.59 Å². The third-order valence-electron chi connectivity index (χ3n) is 7.93. The average Bonchev–Trinajstić information content (AvgIpc) is 3.74. The van der Waals surface area contributed by atoms with Gasteiger partial charge in [0, 0.05) is 25.8 Å². The summed E-state index contributed by atoms with van der Waals surface area (Å²) in [6.45, 7) is -0.544. The molecule has 0 unspecified atom stereocenters. The second kappa shape index (κ2) is 11.1. The number of rotatable bonds is 7. The van der Waals surface area contributed by atoms with E-state index >= 15 is 0 Å². The number of nitrogens with zero attached hydrogens (tertiary/aromatic N) is 2. The number of fused-ring (bicyclic) bond motifs is 5. The first-order valence-electron chi connectivity index (χ1n) is 12.8. The number of thiophene rings is 1. The van der Waals surface area contributed by atoms with Gasteiger partial charge in [0.15, 0.2) is 5.78 Å². The van der Waals surface area contributed by atoms with Gasteiger partial charge < -0.3 is 4.74 Å². The Morgan fingerprint density at radius 3 is 2.05 bits per heavy atom. The fraction of sp³-hybridized carbons (Fsp3) is 0.276. The molecule has 2 saturated carbocycles. The van der Waals surface area contributed by atoms with Gasteiger partial charge in [0.25, 0.3) is 17.7 Å². The van der Waals surface area contributed by atoms with Crippen LogP contribution in [0.1, 0.15) is 36.8 Å². The van der Waals surface area contributed by atoms with Crippen molar-refractivity contribution in [3.63, 3.8) is 0 Å². The minimum atomic E-state index is -0.670. The Balaban J connectivity index is 1.26. The maximum Gasteiger partial charge on any atom is 0.353 e. The number of ether oxygens (including phenoxy) is 1. The number of benzene rings is 2. The molecule has 210 valence electrons. The first-order valence-corrected chi connectivity index (χ1v) is 15.9. The van der Waals surface area contributed by atoms with Gasteiger partial charge in [-0.2, -0.15) is 5.01 Å². The molecule has 3 amide bonds. The van der Waals surface area contributed by atoms with Gasteiger partial charge in [-0.25, -0.2) is 9.80 Å². The highest BCUT2D eigenvalue weighted by molar-refractivity contribution is 9.12. The molecule has 2 bridgehead atoms. The quantitative estimate of drug-likeness (QED) is 0.103. The minimum Gasteiger partial charge on any atom is -0.422 e. The van der Waals surface area contributed by atoms with E-state index in [1.807, 2.05) is 0 Å². The van der Waals surface area contributed by atoms with Crippen molar-refractivity contribution in [2.24, 2.45) is 23.7 Å². The number of ketones is 1. The van der Waals surface area contributed by atoms with Crippen molar-refractivity contribution in [3.05, 3.63) is 87.1 Å². The van der Waals surface area contributed by atoms with E-state index in [1.165, 1.54) is 59.9 Å². The predicted octanol–water partition coefficient (Wildman–Crippen LogP) is 5.64. The Labute approximate surface area is 260 Å². The predicted molar refractivity (Wildman–Crippen MR) is 158 cm³/mol. The molecule has 0 N–H and O–H groups in total. The summed E-state index contributed by atoms with van der Waals surface area (Å²) in [4.78, 5) is 67.4. The van der Waals surface area contributed by atoms with Crippen molar-refractivity contribution < 1.29 is 28.7 Å². The van der Waals surface area contributed by atoms with Crippen molar-refractivity contribution in [2.75, 3.05) is 6.54 Å². The Kier molecular flexibility index (Phi) is 7.65. The van der Waals surface area contributed by atoms with Crippen LogP contribution in [0.5, 0.6) is 5.75 Å². The van der Waals surface area contributed by atoms with Crippen LogP contribution in [0.3, 0.4) is 0 Å². The number of alkyl halides is 2. The number of amides is 3. The fourth-order valence-electron chi connectivity index (χ4n) is 6.03. The molecule has 3 fully saturated rings.